The molecule has 0 aliphatic carbocycles. The van der Waals surface area contributed by atoms with Gasteiger partial charge < -0.3 is 4.74 Å². The lowest BCUT2D eigenvalue weighted by atomic mass is 10.2. The van der Waals surface area contributed by atoms with E-state index in [0.717, 1.165) is 14.9 Å². The van der Waals surface area contributed by atoms with Crippen molar-refractivity contribution in [2.24, 2.45) is 0 Å². The molecule has 66 valence electrons. The van der Waals surface area contributed by atoms with Crippen LogP contribution in [0.5, 0.6) is 5.75 Å². The summed E-state index contributed by atoms with van der Waals surface area (Å²) in [5.74, 6) is 1.37. The summed E-state index contributed by atoms with van der Waals surface area (Å²) in [6, 6.07) is 4.07. The van der Waals surface area contributed by atoms with Crippen molar-refractivity contribution in [3.05, 3.63) is 24.8 Å². The number of methoxy groups -OCH3 is 1. The van der Waals surface area contributed by atoms with E-state index in [-0.39, 0.29) is 0 Å². The normalized spacial score (nSPS) is 10.0. The van der Waals surface area contributed by atoms with Crippen LogP contribution >= 0.6 is 56.8 Å². The van der Waals surface area contributed by atoms with Gasteiger partial charge in [0.15, 0.2) is 0 Å². The molecule has 0 N–H and O–H groups in total. The van der Waals surface area contributed by atoms with E-state index in [9.17, 15) is 0 Å². The van der Waals surface area contributed by atoms with Gasteiger partial charge in [-0.15, -0.1) is 11.6 Å². The third kappa shape index (κ3) is 2.38. The number of ether oxygens (including phenoxy) is 1. The van der Waals surface area contributed by atoms with Gasteiger partial charge in [0.2, 0.25) is 0 Å². The van der Waals surface area contributed by atoms with Crippen molar-refractivity contribution < 1.29 is 4.74 Å². The van der Waals surface area contributed by atoms with Gasteiger partial charge >= 0.3 is 0 Å². The summed E-state index contributed by atoms with van der Waals surface area (Å²) in [7, 11) is 1.66. The van der Waals surface area contributed by atoms with Crippen LogP contribution in [0.4, 0.5) is 0 Å². The summed E-state index contributed by atoms with van der Waals surface area (Å²) < 4.78 is 7.53. The summed E-state index contributed by atoms with van der Waals surface area (Å²) in [6.45, 7) is 0. The predicted molar refractivity (Wildman–Crippen MR) is 68.0 cm³/mol. The molecule has 0 heterocycles. The number of halogens is 3. The number of rotatable bonds is 2. The molecule has 1 rings (SSSR count). The van der Waals surface area contributed by atoms with Crippen molar-refractivity contribution >= 4 is 56.8 Å². The topological polar surface area (TPSA) is 9.23 Å². The first-order valence-corrected chi connectivity index (χ1v) is 5.96. The Bertz CT molecular complexity index is 289. The van der Waals surface area contributed by atoms with Crippen LogP contribution in [0, 0.1) is 7.14 Å². The Morgan fingerprint density at radius 3 is 2.58 bits per heavy atom. The Balaban J connectivity index is 3.24. The second-order valence-corrected chi connectivity index (χ2v) is 4.88. The van der Waals surface area contributed by atoms with Crippen LogP contribution in [0.15, 0.2) is 12.1 Å². The van der Waals surface area contributed by atoms with Crippen molar-refractivity contribution in [2.45, 2.75) is 5.88 Å². The molecule has 0 spiro atoms. The van der Waals surface area contributed by atoms with E-state index in [1.807, 2.05) is 6.07 Å². The quantitative estimate of drug-likeness (QED) is 0.536. The lowest BCUT2D eigenvalue weighted by Gasteiger charge is -2.08. The molecule has 0 radical (unpaired) electrons. The monoisotopic (exact) mass is 408 g/mol. The van der Waals surface area contributed by atoms with E-state index in [0.29, 0.717) is 5.88 Å². The highest BCUT2D eigenvalue weighted by molar-refractivity contribution is 14.1. The Kier molecular flexibility index (Phi) is 4.39. The molecule has 12 heavy (non-hydrogen) atoms. The molecule has 0 atom stereocenters. The molecule has 0 unspecified atom stereocenters. The van der Waals surface area contributed by atoms with Crippen molar-refractivity contribution in [3.63, 3.8) is 0 Å². The Labute approximate surface area is 104 Å². The zero-order valence-corrected chi connectivity index (χ0v) is 11.5. The van der Waals surface area contributed by atoms with E-state index in [2.05, 4.69) is 51.2 Å². The van der Waals surface area contributed by atoms with Gasteiger partial charge in [0.05, 0.1) is 13.0 Å². The highest BCUT2D eigenvalue weighted by Crippen LogP contribution is 2.28. The van der Waals surface area contributed by atoms with Crippen LogP contribution in [0.3, 0.4) is 0 Å². The van der Waals surface area contributed by atoms with E-state index < -0.39 is 0 Å². The summed E-state index contributed by atoms with van der Waals surface area (Å²) >= 11 is 10.3. The van der Waals surface area contributed by atoms with Crippen LogP contribution in [0.1, 0.15) is 5.56 Å². The van der Waals surface area contributed by atoms with Crippen LogP contribution in [-0.4, -0.2) is 7.11 Å². The fourth-order valence-corrected chi connectivity index (χ4v) is 3.37. The van der Waals surface area contributed by atoms with Gasteiger partial charge in [0.1, 0.15) is 5.75 Å². The lowest BCUT2D eigenvalue weighted by Crippen LogP contribution is -1.93. The molecule has 0 saturated carbocycles. The summed E-state index contributed by atoms with van der Waals surface area (Å²) in [5, 5.41) is 0. The third-order valence-electron chi connectivity index (χ3n) is 1.47. The average Bonchev–Trinajstić information content (AvgIpc) is 2.03. The summed E-state index contributed by atoms with van der Waals surface area (Å²) in [4.78, 5) is 0. The maximum Gasteiger partial charge on any atom is 0.125 e. The molecular formula is C8H7ClI2O. The molecule has 0 fully saturated rings. The first-order chi connectivity index (χ1) is 5.69. The maximum absolute atomic E-state index is 5.78. The fourth-order valence-electron chi connectivity index (χ4n) is 0.892. The Hall–Kier alpha value is 0.770. The van der Waals surface area contributed by atoms with Crippen molar-refractivity contribution in [2.75, 3.05) is 7.11 Å². The van der Waals surface area contributed by atoms with Gasteiger partial charge in [-0.05, 0) is 57.3 Å². The standard InChI is InChI=1S/C8H7ClI2O/c1-12-8-3-5(10)2-7(11)6(8)4-9/h2-3H,4H2,1H3. The van der Waals surface area contributed by atoms with Crippen LogP contribution in [-0.2, 0) is 5.88 Å². The van der Waals surface area contributed by atoms with Gasteiger partial charge in [-0.25, -0.2) is 0 Å². The van der Waals surface area contributed by atoms with Gasteiger partial charge in [-0.3, -0.25) is 0 Å². The van der Waals surface area contributed by atoms with Crippen molar-refractivity contribution in [3.8, 4) is 5.75 Å². The lowest BCUT2D eigenvalue weighted by molar-refractivity contribution is 0.410. The highest BCUT2D eigenvalue weighted by Gasteiger charge is 2.07. The van der Waals surface area contributed by atoms with Gasteiger partial charge in [-0.1, -0.05) is 0 Å². The first-order valence-electron chi connectivity index (χ1n) is 3.27. The number of hydrogen-bond donors (Lipinski definition) is 0. The molecule has 1 aromatic carbocycles. The largest absolute Gasteiger partial charge is 0.496 e. The fraction of sp³-hybridized carbons (Fsp3) is 0.250. The maximum atomic E-state index is 5.78. The molecule has 0 bridgehead atoms. The second-order valence-electron chi connectivity index (χ2n) is 2.20. The second kappa shape index (κ2) is 4.85. The summed E-state index contributed by atoms with van der Waals surface area (Å²) in [6.07, 6.45) is 0. The third-order valence-corrected chi connectivity index (χ3v) is 3.33. The molecule has 0 aromatic heterocycles. The molecule has 0 amide bonds. The molecule has 0 aliphatic heterocycles. The SMILES string of the molecule is COc1cc(I)cc(I)c1CCl. The molecule has 1 aromatic rings. The van der Waals surface area contributed by atoms with Gasteiger partial charge in [0, 0.05) is 12.7 Å². The van der Waals surface area contributed by atoms with Crippen LogP contribution in [0.2, 0.25) is 0 Å². The zero-order valence-electron chi connectivity index (χ0n) is 6.40. The van der Waals surface area contributed by atoms with Crippen molar-refractivity contribution in [1.82, 2.24) is 0 Å². The minimum absolute atomic E-state index is 0.498. The predicted octanol–water partition coefficient (Wildman–Crippen LogP) is 3.64. The number of hydrogen-bond acceptors (Lipinski definition) is 1. The van der Waals surface area contributed by atoms with E-state index >= 15 is 0 Å². The van der Waals surface area contributed by atoms with Crippen molar-refractivity contribution in [1.29, 1.82) is 0 Å². The number of alkyl halides is 1. The van der Waals surface area contributed by atoms with E-state index in [1.165, 1.54) is 3.57 Å². The van der Waals surface area contributed by atoms with E-state index in [1.54, 1.807) is 7.11 Å². The van der Waals surface area contributed by atoms with Gasteiger partial charge in [-0.2, -0.15) is 0 Å². The molecule has 4 heteroatoms. The summed E-state index contributed by atoms with van der Waals surface area (Å²) in [5.41, 5.74) is 1.07. The Morgan fingerprint density at radius 2 is 2.08 bits per heavy atom. The molecule has 0 aliphatic rings. The van der Waals surface area contributed by atoms with Crippen LogP contribution < -0.4 is 4.74 Å². The average molecular weight is 408 g/mol. The zero-order chi connectivity index (χ0) is 9.14. The van der Waals surface area contributed by atoms with E-state index in [4.69, 9.17) is 16.3 Å². The molecular weight excluding hydrogens is 401 g/mol. The van der Waals surface area contributed by atoms with Crippen LogP contribution in [0.25, 0.3) is 0 Å². The highest BCUT2D eigenvalue weighted by atomic mass is 127. The molecule has 1 nitrogen and oxygen atoms in total. The van der Waals surface area contributed by atoms with Gasteiger partial charge in [0.25, 0.3) is 0 Å². The first kappa shape index (κ1) is 10.8. The minimum atomic E-state index is 0.498. The minimum Gasteiger partial charge on any atom is -0.496 e. The Morgan fingerprint density at radius 1 is 1.42 bits per heavy atom. The number of benzene rings is 1. The smallest absolute Gasteiger partial charge is 0.125 e. The molecule has 0 saturated heterocycles.